The van der Waals surface area contributed by atoms with Crippen LogP contribution in [0, 0.1) is 27.7 Å². The van der Waals surface area contributed by atoms with Gasteiger partial charge in [-0.3, -0.25) is 9.48 Å². The van der Waals surface area contributed by atoms with Gasteiger partial charge in [0.15, 0.2) is 5.65 Å². The summed E-state index contributed by atoms with van der Waals surface area (Å²) >= 11 is 0. The maximum atomic E-state index is 13.2. The second-order valence-electron chi connectivity index (χ2n) is 7.37. The van der Waals surface area contributed by atoms with Crippen LogP contribution in [0.25, 0.3) is 11.0 Å². The number of hydrogen-bond donors (Lipinski definition) is 1. The zero-order chi connectivity index (χ0) is 21.7. The third-order valence-electron chi connectivity index (χ3n) is 5.01. The Labute approximate surface area is 170 Å². The smallest absolute Gasteiger partial charge is 0.256 e. The Hall–Kier alpha value is -2.78. The highest BCUT2D eigenvalue weighted by molar-refractivity contribution is 7.89. The lowest BCUT2D eigenvalue weighted by atomic mass is 10.1. The average Bonchev–Trinajstić information content (AvgIpc) is 2.91. The van der Waals surface area contributed by atoms with Gasteiger partial charge < -0.3 is 5.32 Å². The number of anilines is 1. The lowest BCUT2D eigenvalue weighted by Crippen LogP contribution is -2.23. The highest BCUT2D eigenvalue weighted by atomic mass is 32.2. The first kappa shape index (κ1) is 20.9. The second-order valence-corrected chi connectivity index (χ2v) is 9.52. The average molecular weight is 416 g/mol. The summed E-state index contributed by atoms with van der Waals surface area (Å²) in [5.41, 5.74) is 4.53. The number of sulfonamides is 1. The molecule has 1 N–H and O–H groups in total. The number of carbonyl (C=O) groups excluding carboxylic acids is 1. The Morgan fingerprint density at radius 2 is 1.76 bits per heavy atom. The number of aromatic nitrogens is 3. The molecular formula is C20H25N5O3S. The summed E-state index contributed by atoms with van der Waals surface area (Å²) in [6, 6.07) is 4.83. The zero-order valence-electron chi connectivity index (χ0n) is 17.7. The maximum Gasteiger partial charge on any atom is 0.256 e. The minimum Gasteiger partial charge on any atom is -0.322 e. The van der Waals surface area contributed by atoms with E-state index in [0.29, 0.717) is 33.7 Å². The number of aryl methyl sites for hydroxylation is 4. The molecule has 0 bridgehead atoms. The van der Waals surface area contributed by atoms with Gasteiger partial charge in [0.1, 0.15) is 0 Å². The molecule has 1 amide bonds. The molecule has 1 aromatic carbocycles. The maximum absolute atomic E-state index is 13.2. The van der Waals surface area contributed by atoms with E-state index in [1.807, 2.05) is 27.7 Å². The first-order valence-corrected chi connectivity index (χ1v) is 10.5. The quantitative estimate of drug-likeness (QED) is 0.707. The van der Waals surface area contributed by atoms with Crippen molar-refractivity contribution in [1.29, 1.82) is 0 Å². The number of carbonyl (C=O) groups is 1. The molecule has 0 aliphatic rings. The molecule has 0 saturated heterocycles. The molecule has 3 rings (SSSR count). The van der Waals surface area contributed by atoms with E-state index in [4.69, 9.17) is 0 Å². The van der Waals surface area contributed by atoms with Crippen molar-refractivity contribution in [2.24, 2.45) is 7.05 Å². The van der Waals surface area contributed by atoms with Crippen LogP contribution in [0.3, 0.4) is 0 Å². The predicted molar refractivity (Wildman–Crippen MR) is 113 cm³/mol. The van der Waals surface area contributed by atoms with Crippen molar-refractivity contribution in [2.45, 2.75) is 32.6 Å². The standard InChI is InChI=1S/C20H25N5O3S/c1-11-8-15(29(27,28)24(5)6)10-17(13(11)3)22-20(26)16-9-12(2)21-19-18(16)14(4)23-25(19)7/h8-10H,1-7H3,(H,22,26). The molecule has 3 aromatic rings. The van der Waals surface area contributed by atoms with Gasteiger partial charge in [-0.1, -0.05) is 0 Å². The van der Waals surface area contributed by atoms with Crippen molar-refractivity contribution in [3.05, 3.63) is 46.3 Å². The first-order chi connectivity index (χ1) is 13.4. The number of fused-ring (bicyclic) bond motifs is 1. The Morgan fingerprint density at radius 3 is 2.38 bits per heavy atom. The second kappa shape index (κ2) is 7.23. The Bertz CT molecular complexity index is 1240. The van der Waals surface area contributed by atoms with Gasteiger partial charge in [-0.2, -0.15) is 5.10 Å². The van der Waals surface area contributed by atoms with Crippen molar-refractivity contribution in [1.82, 2.24) is 19.1 Å². The molecule has 2 heterocycles. The van der Waals surface area contributed by atoms with Crippen LogP contribution in [-0.2, 0) is 17.1 Å². The molecule has 0 saturated carbocycles. The van der Waals surface area contributed by atoms with Crippen LogP contribution in [0.1, 0.15) is 32.9 Å². The molecule has 2 aromatic heterocycles. The van der Waals surface area contributed by atoms with Crippen molar-refractivity contribution >= 4 is 32.7 Å². The van der Waals surface area contributed by atoms with Gasteiger partial charge in [0.25, 0.3) is 5.91 Å². The highest BCUT2D eigenvalue weighted by Gasteiger charge is 2.22. The summed E-state index contributed by atoms with van der Waals surface area (Å²) < 4.78 is 27.9. The number of hydrogen-bond acceptors (Lipinski definition) is 5. The Morgan fingerprint density at radius 1 is 1.10 bits per heavy atom. The summed E-state index contributed by atoms with van der Waals surface area (Å²) in [5.74, 6) is -0.335. The fraction of sp³-hybridized carbons (Fsp3) is 0.350. The van der Waals surface area contributed by atoms with E-state index in [0.717, 1.165) is 15.4 Å². The van der Waals surface area contributed by atoms with Crippen molar-refractivity contribution < 1.29 is 13.2 Å². The summed E-state index contributed by atoms with van der Waals surface area (Å²) in [5, 5.41) is 7.94. The molecule has 154 valence electrons. The van der Waals surface area contributed by atoms with Gasteiger partial charge in [0.05, 0.1) is 21.5 Å². The first-order valence-electron chi connectivity index (χ1n) is 9.09. The van der Waals surface area contributed by atoms with Crippen LogP contribution in [0.5, 0.6) is 0 Å². The van der Waals surface area contributed by atoms with Crippen LogP contribution in [0.2, 0.25) is 0 Å². The molecule has 0 radical (unpaired) electrons. The number of nitrogens with one attached hydrogen (secondary N) is 1. The molecule has 0 aliphatic heterocycles. The number of pyridine rings is 1. The fourth-order valence-electron chi connectivity index (χ4n) is 3.25. The van der Waals surface area contributed by atoms with Gasteiger partial charge >= 0.3 is 0 Å². The molecule has 8 nitrogen and oxygen atoms in total. The minimum absolute atomic E-state index is 0.134. The van der Waals surface area contributed by atoms with E-state index in [1.165, 1.54) is 20.2 Å². The molecule has 0 atom stereocenters. The molecule has 29 heavy (non-hydrogen) atoms. The third-order valence-corrected chi connectivity index (χ3v) is 6.80. The van der Waals surface area contributed by atoms with Gasteiger partial charge in [0.2, 0.25) is 10.0 Å². The number of rotatable bonds is 4. The topological polar surface area (TPSA) is 97.2 Å². The van der Waals surface area contributed by atoms with Crippen LogP contribution >= 0.6 is 0 Å². The Kier molecular flexibility index (Phi) is 5.22. The van der Waals surface area contributed by atoms with E-state index in [2.05, 4.69) is 15.4 Å². The van der Waals surface area contributed by atoms with Crippen molar-refractivity contribution in [3.8, 4) is 0 Å². The SMILES string of the molecule is Cc1cc(C(=O)Nc2cc(S(=O)(=O)N(C)C)cc(C)c2C)c2c(C)nn(C)c2n1. The summed E-state index contributed by atoms with van der Waals surface area (Å²) in [7, 11) is 1.11. The lowest BCUT2D eigenvalue weighted by Gasteiger charge is -2.16. The number of amides is 1. The van der Waals surface area contributed by atoms with E-state index < -0.39 is 10.0 Å². The minimum atomic E-state index is -3.63. The highest BCUT2D eigenvalue weighted by Crippen LogP contribution is 2.27. The van der Waals surface area contributed by atoms with Gasteiger partial charge in [-0.25, -0.2) is 17.7 Å². The van der Waals surface area contributed by atoms with Crippen LogP contribution < -0.4 is 5.32 Å². The fourth-order valence-corrected chi connectivity index (χ4v) is 4.27. The van der Waals surface area contributed by atoms with E-state index >= 15 is 0 Å². The monoisotopic (exact) mass is 415 g/mol. The van der Waals surface area contributed by atoms with Crippen LogP contribution in [0.15, 0.2) is 23.1 Å². The predicted octanol–water partition coefficient (Wildman–Crippen LogP) is 2.70. The molecule has 9 heteroatoms. The van der Waals surface area contributed by atoms with Gasteiger partial charge in [0, 0.05) is 32.5 Å². The van der Waals surface area contributed by atoms with Gasteiger partial charge in [-0.15, -0.1) is 0 Å². The lowest BCUT2D eigenvalue weighted by molar-refractivity contribution is 0.102. The van der Waals surface area contributed by atoms with Crippen LogP contribution in [0.4, 0.5) is 5.69 Å². The molecular weight excluding hydrogens is 390 g/mol. The summed E-state index contributed by atoms with van der Waals surface area (Å²) in [6.07, 6.45) is 0. The van der Waals surface area contributed by atoms with E-state index in [1.54, 1.807) is 23.9 Å². The van der Waals surface area contributed by atoms with E-state index in [9.17, 15) is 13.2 Å². The number of benzene rings is 1. The molecule has 0 aliphatic carbocycles. The largest absolute Gasteiger partial charge is 0.322 e. The summed E-state index contributed by atoms with van der Waals surface area (Å²) in [6.45, 7) is 7.31. The van der Waals surface area contributed by atoms with E-state index in [-0.39, 0.29) is 10.8 Å². The van der Waals surface area contributed by atoms with Crippen LogP contribution in [-0.4, -0.2) is 47.5 Å². The number of nitrogens with zero attached hydrogens (tertiary/aromatic N) is 4. The zero-order valence-corrected chi connectivity index (χ0v) is 18.5. The molecule has 0 spiro atoms. The molecule has 0 fully saturated rings. The summed E-state index contributed by atoms with van der Waals surface area (Å²) in [4.78, 5) is 17.8. The normalized spacial score (nSPS) is 12.0. The molecule has 0 unspecified atom stereocenters. The van der Waals surface area contributed by atoms with Crippen molar-refractivity contribution in [2.75, 3.05) is 19.4 Å². The third kappa shape index (κ3) is 3.63. The van der Waals surface area contributed by atoms with Crippen molar-refractivity contribution in [3.63, 3.8) is 0 Å². The Balaban J connectivity index is 2.11. The van der Waals surface area contributed by atoms with Gasteiger partial charge in [-0.05, 0) is 57.0 Å².